The quantitative estimate of drug-likeness (QED) is 0.932. The molecule has 6 heteroatoms. The maximum atomic E-state index is 5.78. The second-order valence-electron chi connectivity index (χ2n) is 4.16. The molecule has 0 unspecified atom stereocenters. The molecule has 0 aliphatic rings. The average Bonchev–Trinajstić information content (AvgIpc) is 2.73. The van der Waals surface area contributed by atoms with Gasteiger partial charge in [0.1, 0.15) is 12.4 Å². The molecular weight excluding hydrogens is 314 g/mol. The van der Waals surface area contributed by atoms with Crippen molar-refractivity contribution in [2.24, 2.45) is 0 Å². The van der Waals surface area contributed by atoms with E-state index in [-0.39, 0.29) is 0 Å². The van der Waals surface area contributed by atoms with Gasteiger partial charge in [0, 0.05) is 4.47 Å². The molecule has 0 radical (unpaired) electrons. The molecule has 0 bridgehead atoms. The fourth-order valence-corrected chi connectivity index (χ4v) is 2.47. The Balaban J connectivity index is 2.13. The summed E-state index contributed by atoms with van der Waals surface area (Å²) < 4.78 is 6.84. The molecule has 0 spiro atoms. The van der Waals surface area contributed by atoms with E-state index in [0.29, 0.717) is 17.7 Å². The van der Waals surface area contributed by atoms with Crippen LogP contribution < -0.4 is 10.5 Å². The van der Waals surface area contributed by atoms with Crippen LogP contribution >= 0.6 is 27.3 Å². The van der Waals surface area contributed by atoms with Crippen LogP contribution in [0, 0.1) is 0 Å². The topological polar surface area (TPSA) is 61.0 Å². The molecule has 2 aromatic rings. The smallest absolute Gasteiger partial charge is 0.203 e. The van der Waals surface area contributed by atoms with E-state index in [1.165, 1.54) is 16.9 Å². The third-order valence-corrected chi connectivity index (χ3v) is 3.65. The van der Waals surface area contributed by atoms with Crippen LogP contribution in [0.1, 0.15) is 30.3 Å². The first-order valence-electron chi connectivity index (χ1n) is 5.56. The minimum atomic E-state index is 0.399. The van der Waals surface area contributed by atoms with Crippen molar-refractivity contribution in [2.75, 3.05) is 5.73 Å². The number of nitrogens with zero attached hydrogens (tertiary/aromatic N) is 2. The van der Waals surface area contributed by atoms with Gasteiger partial charge in [-0.15, -0.1) is 10.2 Å². The van der Waals surface area contributed by atoms with Gasteiger partial charge in [-0.25, -0.2) is 0 Å². The van der Waals surface area contributed by atoms with Gasteiger partial charge in [0.05, 0.1) is 0 Å². The van der Waals surface area contributed by atoms with E-state index in [1.807, 2.05) is 12.1 Å². The molecule has 0 amide bonds. The molecule has 0 saturated heterocycles. The van der Waals surface area contributed by atoms with Crippen molar-refractivity contribution >= 4 is 32.4 Å². The summed E-state index contributed by atoms with van der Waals surface area (Å²) in [7, 11) is 0. The van der Waals surface area contributed by atoms with E-state index in [2.05, 4.69) is 46.0 Å². The van der Waals surface area contributed by atoms with Crippen LogP contribution in [-0.2, 0) is 6.61 Å². The summed E-state index contributed by atoms with van der Waals surface area (Å²) in [5.74, 6) is 1.28. The van der Waals surface area contributed by atoms with Crippen LogP contribution in [-0.4, -0.2) is 10.2 Å². The van der Waals surface area contributed by atoms with E-state index in [0.717, 1.165) is 15.2 Å². The molecule has 1 aromatic carbocycles. The van der Waals surface area contributed by atoms with E-state index >= 15 is 0 Å². The van der Waals surface area contributed by atoms with Crippen molar-refractivity contribution in [3.05, 3.63) is 33.2 Å². The van der Waals surface area contributed by atoms with E-state index < -0.39 is 0 Å². The third kappa shape index (κ3) is 3.20. The zero-order valence-corrected chi connectivity index (χ0v) is 12.6. The van der Waals surface area contributed by atoms with Crippen LogP contribution in [0.4, 0.5) is 5.13 Å². The Morgan fingerprint density at radius 2 is 2.17 bits per heavy atom. The Labute approximate surface area is 118 Å². The molecule has 0 aliphatic heterocycles. The molecule has 1 heterocycles. The third-order valence-electron chi connectivity index (χ3n) is 2.43. The van der Waals surface area contributed by atoms with Crippen molar-refractivity contribution in [1.29, 1.82) is 0 Å². The van der Waals surface area contributed by atoms with Crippen LogP contribution in [0.5, 0.6) is 5.75 Å². The fraction of sp³-hybridized carbons (Fsp3) is 0.333. The predicted octanol–water partition coefficient (Wildman–Crippen LogP) is 3.59. The summed E-state index contributed by atoms with van der Waals surface area (Å²) in [6.07, 6.45) is 0. The maximum Gasteiger partial charge on any atom is 0.203 e. The zero-order valence-electron chi connectivity index (χ0n) is 10.2. The Bertz CT molecular complexity index is 542. The lowest BCUT2D eigenvalue weighted by Gasteiger charge is -2.13. The maximum absolute atomic E-state index is 5.78. The minimum absolute atomic E-state index is 0.399. The first kappa shape index (κ1) is 13.3. The van der Waals surface area contributed by atoms with Crippen molar-refractivity contribution in [3.8, 4) is 5.75 Å². The van der Waals surface area contributed by atoms with Crippen molar-refractivity contribution in [3.63, 3.8) is 0 Å². The van der Waals surface area contributed by atoms with Crippen molar-refractivity contribution in [1.82, 2.24) is 10.2 Å². The second kappa shape index (κ2) is 5.67. The van der Waals surface area contributed by atoms with Crippen molar-refractivity contribution < 1.29 is 4.74 Å². The van der Waals surface area contributed by atoms with Gasteiger partial charge < -0.3 is 10.5 Å². The summed E-state index contributed by atoms with van der Waals surface area (Å²) in [5.41, 5.74) is 6.70. The van der Waals surface area contributed by atoms with Gasteiger partial charge in [-0.3, -0.25) is 0 Å². The Morgan fingerprint density at radius 1 is 1.39 bits per heavy atom. The van der Waals surface area contributed by atoms with Gasteiger partial charge in [0.15, 0.2) is 5.01 Å². The lowest BCUT2D eigenvalue weighted by molar-refractivity contribution is 0.300. The van der Waals surface area contributed by atoms with Gasteiger partial charge in [0.25, 0.3) is 0 Å². The molecule has 2 N–H and O–H groups in total. The van der Waals surface area contributed by atoms with E-state index in [1.54, 1.807) is 0 Å². The average molecular weight is 328 g/mol. The predicted molar refractivity (Wildman–Crippen MR) is 76.9 cm³/mol. The highest BCUT2D eigenvalue weighted by Gasteiger charge is 2.10. The van der Waals surface area contributed by atoms with Gasteiger partial charge >= 0.3 is 0 Å². The second-order valence-corrected chi connectivity index (χ2v) is 6.17. The number of benzene rings is 1. The molecule has 0 atom stereocenters. The van der Waals surface area contributed by atoms with Gasteiger partial charge in [-0.05, 0) is 29.7 Å². The monoisotopic (exact) mass is 327 g/mol. The van der Waals surface area contributed by atoms with Gasteiger partial charge in [-0.1, -0.05) is 41.1 Å². The molecule has 1 aromatic heterocycles. The number of hydrogen-bond donors (Lipinski definition) is 1. The van der Waals surface area contributed by atoms with Crippen LogP contribution in [0.2, 0.25) is 0 Å². The number of nitrogen functional groups attached to an aromatic ring is 1. The molecule has 96 valence electrons. The number of anilines is 1. The highest BCUT2D eigenvalue weighted by atomic mass is 79.9. The summed E-state index contributed by atoms with van der Waals surface area (Å²) in [5, 5.41) is 8.94. The lowest BCUT2D eigenvalue weighted by Crippen LogP contribution is -1.99. The SMILES string of the molecule is CC(C)c1cc(Br)ccc1OCc1nnc(N)s1. The van der Waals surface area contributed by atoms with Crippen molar-refractivity contribution in [2.45, 2.75) is 26.4 Å². The number of aromatic nitrogens is 2. The number of nitrogens with two attached hydrogens (primary N) is 1. The highest BCUT2D eigenvalue weighted by molar-refractivity contribution is 9.10. The van der Waals surface area contributed by atoms with Crippen LogP contribution in [0.25, 0.3) is 0 Å². The molecule has 18 heavy (non-hydrogen) atoms. The minimum Gasteiger partial charge on any atom is -0.486 e. The molecular formula is C12H14BrN3OS. The summed E-state index contributed by atoms with van der Waals surface area (Å²) in [4.78, 5) is 0. The fourth-order valence-electron chi connectivity index (χ4n) is 1.57. The Hall–Kier alpha value is -1.14. The Morgan fingerprint density at radius 3 is 2.78 bits per heavy atom. The van der Waals surface area contributed by atoms with Gasteiger partial charge in [-0.2, -0.15) is 0 Å². The van der Waals surface area contributed by atoms with Gasteiger partial charge in [0.2, 0.25) is 5.13 Å². The highest BCUT2D eigenvalue weighted by Crippen LogP contribution is 2.30. The first-order valence-corrected chi connectivity index (χ1v) is 7.17. The molecule has 4 nitrogen and oxygen atoms in total. The molecule has 2 rings (SSSR count). The lowest BCUT2D eigenvalue weighted by atomic mass is 10.0. The van der Waals surface area contributed by atoms with E-state index in [4.69, 9.17) is 10.5 Å². The Kier molecular flexibility index (Phi) is 4.19. The zero-order chi connectivity index (χ0) is 13.1. The number of halogens is 1. The largest absolute Gasteiger partial charge is 0.486 e. The number of rotatable bonds is 4. The summed E-state index contributed by atoms with van der Waals surface area (Å²) in [6.45, 7) is 4.67. The van der Waals surface area contributed by atoms with Crippen LogP contribution in [0.15, 0.2) is 22.7 Å². The normalized spacial score (nSPS) is 10.9. The molecule has 0 aliphatic carbocycles. The first-order chi connectivity index (χ1) is 8.56. The van der Waals surface area contributed by atoms with E-state index in [9.17, 15) is 0 Å². The molecule has 0 fully saturated rings. The standard InChI is InChI=1S/C12H14BrN3OS/c1-7(2)9-5-8(13)3-4-10(9)17-6-11-15-16-12(14)18-11/h3-5,7H,6H2,1-2H3,(H2,14,16). The van der Waals surface area contributed by atoms with Crippen LogP contribution in [0.3, 0.4) is 0 Å². The molecule has 0 saturated carbocycles. The number of hydrogen-bond acceptors (Lipinski definition) is 5. The summed E-state index contributed by atoms with van der Waals surface area (Å²) >= 11 is 4.82. The summed E-state index contributed by atoms with van der Waals surface area (Å²) in [6, 6.07) is 6.01. The number of ether oxygens (including phenoxy) is 1.